The molecule has 0 fully saturated rings. The predicted molar refractivity (Wildman–Crippen MR) is 152 cm³/mol. The van der Waals surface area contributed by atoms with Gasteiger partial charge in [0, 0.05) is 30.6 Å². The Kier molecular flexibility index (Phi) is 10.3. The number of carbonyl (C=O) groups is 2. The molecule has 0 radical (unpaired) electrons. The largest absolute Gasteiger partial charge is 0.493 e. The summed E-state index contributed by atoms with van der Waals surface area (Å²) in [6.45, 7) is 1.38. The van der Waals surface area contributed by atoms with Gasteiger partial charge in [0.15, 0.2) is 0 Å². The average Bonchev–Trinajstić information content (AvgIpc) is 2.99. The molecule has 0 bridgehead atoms. The first-order chi connectivity index (χ1) is 19.1. The molecular formula is C33H34N2O4. The number of hydrogen-bond acceptors (Lipinski definition) is 4. The number of nitrogens with one attached hydrogen (secondary N) is 1. The van der Waals surface area contributed by atoms with E-state index in [1.54, 1.807) is 5.48 Å². The zero-order chi connectivity index (χ0) is 27.3. The van der Waals surface area contributed by atoms with Crippen molar-refractivity contribution in [2.45, 2.75) is 38.8 Å². The number of benzene rings is 4. The minimum absolute atomic E-state index is 0.0459. The lowest BCUT2D eigenvalue weighted by Crippen LogP contribution is -2.30. The summed E-state index contributed by atoms with van der Waals surface area (Å²) < 4.78 is 6.08. The van der Waals surface area contributed by atoms with Gasteiger partial charge in [-0.3, -0.25) is 14.8 Å². The lowest BCUT2D eigenvalue weighted by Gasteiger charge is -2.24. The minimum atomic E-state index is -0.376. The van der Waals surface area contributed by atoms with Crippen molar-refractivity contribution < 1.29 is 19.5 Å². The third-order valence-corrected chi connectivity index (χ3v) is 6.51. The van der Waals surface area contributed by atoms with Crippen molar-refractivity contribution in [3.63, 3.8) is 0 Å². The van der Waals surface area contributed by atoms with Crippen molar-refractivity contribution in [2.75, 3.05) is 6.61 Å². The van der Waals surface area contributed by atoms with E-state index in [9.17, 15) is 9.59 Å². The number of amides is 2. The van der Waals surface area contributed by atoms with Crippen LogP contribution in [0.15, 0.2) is 109 Å². The van der Waals surface area contributed by atoms with E-state index >= 15 is 0 Å². The summed E-state index contributed by atoms with van der Waals surface area (Å²) in [5, 5.41) is 8.60. The van der Waals surface area contributed by atoms with Gasteiger partial charge < -0.3 is 9.64 Å². The summed E-state index contributed by atoms with van der Waals surface area (Å²) in [4.78, 5) is 26.8. The topological polar surface area (TPSA) is 78.9 Å². The van der Waals surface area contributed by atoms with Crippen molar-refractivity contribution in [3.8, 4) is 16.9 Å². The first kappa shape index (κ1) is 27.6. The Morgan fingerprint density at radius 1 is 0.692 bits per heavy atom. The molecule has 4 aromatic carbocycles. The molecule has 0 aromatic heterocycles. The van der Waals surface area contributed by atoms with Crippen LogP contribution in [0.4, 0.5) is 0 Å². The third-order valence-electron chi connectivity index (χ3n) is 6.51. The molecule has 0 aliphatic rings. The van der Waals surface area contributed by atoms with E-state index in [1.165, 1.54) is 0 Å². The molecule has 4 rings (SSSR count). The Labute approximate surface area is 229 Å². The van der Waals surface area contributed by atoms with Crippen LogP contribution in [0.2, 0.25) is 0 Å². The Balaban J connectivity index is 1.46. The van der Waals surface area contributed by atoms with Gasteiger partial charge in [0.1, 0.15) is 5.75 Å². The summed E-state index contributed by atoms with van der Waals surface area (Å²) in [6.07, 6.45) is 2.57. The highest BCUT2D eigenvalue weighted by molar-refractivity contribution is 5.94. The Bertz CT molecular complexity index is 1320. The molecule has 0 unspecified atom stereocenters. The van der Waals surface area contributed by atoms with E-state index in [4.69, 9.17) is 9.94 Å². The molecule has 0 aliphatic heterocycles. The van der Waals surface area contributed by atoms with E-state index in [-0.39, 0.29) is 18.2 Å². The summed E-state index contributed by atoms with van der Waals surface area (Å²) >= 11 is 0. The fourth-order valence-corrected chi connectivity index (χ4v) is 4.41. The molecule has 4 aromatic rings. The van der Waals surface area contributed by atoms with Gasteiger partial charge in [-0.15, -0.1) is 0 Å². The Morgan fingerprint density at radius 3 is 2.05 bits per heavy atom. The third kappa shape index (κ3) is 8.28. The summed E-state index contributed by atoms with van der Waals surface area (Å²) in [5.74, 6) is 0.325. The smallest absolute Gasteiger partial charge is 0.254 e. The van der Waals surface area contributed by atoms with Gasteiger partial charge in [-0.05, 0) is 54.2 Å². The van der Waals surface area contributed by atoms with E-state index in [0.29, 0.717) is 31.7 Å². The summed E-state index contributed by atoms with van der Waals surface area (Å²) in [5.41, 5.74) is 6.45. The Morgan fingerprint density at radius 2 is 1.33 bits per heavy atom. The average molecular weight is 523 g/mol. The number of para-hydroxylation sites is 1. The van der Waals surface area contributed by atoms with Crippen molar-refractivity contribution in [1.29, 1.82) is 0 Å². The van der Waals surface area contributed by atoms with Crippen LogP contribution in [0, 0.1) is 0 Å². The quantitative estimate of drug-likeness (QED) is 0.117. The molecule has 0 heterocycles. The van der Waals surface area contributed by atoms with E-state index in [0.717, 1.165) is 40.8 Å². The van der Waals surface area contributed by atoms with Gasteiger partial charge in [-0.25, -0.2) is 5.48 Å². The molecule has 2 N–H and O–H groups in total. The van der Waals surface area contributed by atoms with E-state index in [2.05, 4.69) is 12.1 Å². The standard InChI is InChI=1S/C33H34N2O4/c36-32(34-38)18-8-3-11-23-39-31-17-10-9-16-30(31)25-35(24-26-12-4-1-5-13-26)33(37)29-21-19-28(20-22-29)27-14-6-2-7-15-27/h1-2,4-7,9-10,12-17,19-22,38H,3,8,11,18,23-25H2,(H,34,36). The van der Waals surface area contributed by atoms with Gasteiger partial charge in [0.05, 0.1) is 6.61 Å². The van der Waals surface area contributed by atoms with Crippen LogP contribution in [0.3, 0.4) is 0 Å². The first-order valence-corrected chi connectivity index (χ1v) is 13.3. The number of ether oxygens (including phenoxy) is 1. The molecule has 2 amide bonds. The van der Waals surface area contributed by atoms with Gasteiger partial charge in [0.25, 0.3) is 5.91 Å². The highest BCUT2D eigenvalue weighted by Gasteiger charge is 2.19. The molecule has 6 nitrogen and oxygen atoms in total. The molecule has 0 spiro atoms. The maximum atomic E-state index is 13.8. The van der Waals surface area contributed by atoms with Crippen LogP contribution in [0.5, 0.6) is 5.75 Å². The molecule has 0 saturated carbocycles. The van der Waals surface area contributed by atoms with Crippen LogP contribution >= 0.6 is 0 Å². The number of nitrogens with zero attached hydrogens (tertiary/aromatic N) is 1. The van der Waals surface area contributed by atoms with E-state index in [1.807, 2.05) is 102 Å². The molecule has 39 heavy (non-hydrogen) atoms. The molecular weight excluding hydrogens is 488 g/mol. The SMILES string of the molecule is O=C(CCCCCOc1ccccc1CN(Cc1ccccc1)C(=O)c1ccc(-c2ccccc2)cc1)NO. The number of unbranched alkanes of at least 4 members (excludes halogenated alkanes) is 2. The summed E-state index contributed by atoms with van der Waals surface area (Å²) in [6, 6.07) is 35.7. The monoisotopic (exact) mass is 522 g/mol. The summed E-state index contributed by atoms with van der Waals surface area (Å²) in [7, 11) is 0. The lowest BCUT2D eigenvalue weighted by molar-refractivity contribution is -0.129. The second-order valence-corrected chi connectivity index (χ2v) is 9.39. The van der Waals surface area contributed by atoms with Gasteiger partial charge in [-0.1, -0.05) is 91.0 Å². The molecule has 200 valence electrons. The van der Waals surface area contributed by atoms with Gasteiger partial charge >= 0.3 is 0 Å². The minimum Gasteiger partial charge on any atom is -0.493 e. The highest BCUT2D eigenvalue weighted by Crippen LogP contribution is 2.24. The lowest BCUT2D eigenvalue weighted by atomic mass is 10.0. The normalized spacial score (nSPS) is 10.6. The van der Waals surface area contributed by atoms with Crippen molar-refractivity contribution in [2.24, 2.45) is 0 Å². The second kappa shape index (κ2) is 14.5. The fourth-order valence-electron chi connectivity index (χ4n) is 4.41. The number of carbonyl (C=O) groups excluding carboxylic acids is 2. The zero-order valence-corrected chi connectivity index (χ0v) is 22.0. The molecule has 0 aliphatic carbocycles. The second-order valence-electron chi connectivity index (χ2n) is 9.39. The number of rotatable bonds is 13. The number of hydrogen-bond donors (Lipinski definition) is 2. The van der Waals surface area contributed by atoms with Crippen molar-refractivity contribution in [1.82, 2.24) is 10.4 Å². The van der Waals surface area contributed by atoms with E-state index < -0.39 is 0 Å². The van der Waals surface area contributed by atoms with Crippen LogP contribution in [-0.4, -0.2) is 28.5 Å². The first-order valence-electron chi connectivity index (χ1n) is 13.3. The maximum absolute atomic E-state index is 13.8. The van der Waals surface area contributed by atoms with Crippen LogP contribution in [0.1, 0.15) is 47.2 Å². The van der Waals surface area contributed by atoms with Crippen molar-refractivity contribution >= 4 is 11.8 Å². The Hall–Kier alpha value is -4.42. The van der Waals surface area contributed by atoms with Crippen LogP contribution < -0.4 is 10.2 Å². The molecule has 0 atom stereocenters. The zero-order valence-electron chi connectivity index (χ0n) is 22.0. The number of hydroxylamine groups is 1. The molecule has 6 heteroatoms. The van der Waals surface area contributed by atoms with Crippen molar-refractivity contribution in [3.05, 3.63) is 126 Å². The van der Waals surface area contributed by atoms with Gasteiger partial charge in [-0.2, -0.15) is 0 Å². The van der Waals surface area contributed by atoms with Crippen LogP contribution in [0.25, 0.3) is 11.1 Å². The van der Waals surface area contributed by atoms with Crippen LogP contribution in [-0.2, 0) is 17.9 Å². The fraction of sp³-hybridized carbons (Fsp3) is 0.212. The molecule has 0 saturated heterocycles. The van der Waals surface area contributed by atoms with Gasteiger partial charge in [0.2, 0.25) is 5.91 Å². The highest BCUT2D eigenvalue weighted by atomic mass is 16.5. The predicted octanol–water partition coefficient (Wildman–Crippen LogP) is 6.64. The maximum Gasteiger partial charge on any atom is 0.254 e.